The third-order valence-corrected chi connectivity index (χ3v) is 4.57. The van der Waals surface area contributed by atoms with Crippen molar-refractivity contribution in [3.05, 3.63) is 57.9 Å². The van der Waals surface area contributed by atoms with Crippen LogP contribution in [0.25, 0.3) is 0 Å². The summed E-state index contributed by atoms with van der Waals surface area (Å²) in [6.07, 6.45) is 0. The average molecular weight is 327 g/mol. The van der Waals surface area contributed by atoms with Crippen LogP contribution in [0.5, 0.6) is 0 Å². The fourth-order valence-electron chi connectivity index (χ4n) is 3.08. The molecule has 0 spiro atoms. The number of benzene rings is 1. The molecule has 0 unspecified atom stereocenters. The van der Waals surface area contributed by atoms with Crippen molar-refractivity contribution >= 4 is 23.8 Å². The fraction of sp³-hybridized carbons (Fsp3) is 0.333. The standard InChI is InChI=1S/C18H21N3OS/c1-13-12-14(2)19-17(23)16(13)18(22)21-10-8-20(9-11-21)15-6-4-3-5-7-15/h3-7,12H,8-11H2,1-2H3,(H,19,23). The molecule has 120 valence electrons. The number of aromatic amines is 1. The van der Waals surface area contributed by atoms with E-state index in [1.165, 1.54) is 5.69 Å². The molecule has 1 fully saturated rings. The van der Waals surface area contributed by atoms with Gasteiger partial charge in [-0.15, -0.1) is 0 Å². The number of aryl methyl sites for hydroxylation is 2. The number of rotatable bonds is 2. The summed E-state index contributed by atoms with van der Waals surface area (Å²) in [6, 6.07) is 12.3. The van der Waals surface area contributed by atoms with Crippen molar-refractivity contribution < 1.29 is 4.79 Å². The highest BCUT2D eigenvalue weighted by molar-refractivity contribution is 7.71. The Morgan fingerprint density at radius 1 is 1.09 bits per heavy atom. The first-order valence-corrected chi connectivity index (χ1v) is 8.27. The van der Waals surface area contributed by atoms with Crippen molar-refractivity contribution in [3.63, 3.8) is 0 Å². The van der Waals surface area contributed by atoms with E-state index in [1.807, 2.05) is 43.0 Å². The zero-order valence-electron chi connectivity index (χ0n) is 13.5. The molecule has 0 bridgehead atoms. The van der Waals surface area contributed by atoms with Gasteiger partial charge >= 0.3 is 0 Å². The van der Waals surface area contributed by atoms with E-state index < -0.39 is 0 Å². The topological polar surface area (TPSA) is 39.3 Å². The number of nitrogens with one attached hydrogen (secondary N) is 1. The van der Waals surface area contributed by atoms with Crippen LogP contribution in [-0.2, 0) is 0 Å². The molecule has 1 aromatic carbocycles. The zero-order chi connectivity index (χ0) is 16.4. The number of carbonyl (C=O) groups excluding carboxylic acids is 1. The molecule has 1 aliphatic rings. The average Bonchev–Trinajstić information content (AvgIpc) is 2.55. The van der Waals surface area contributed by atoms with E-state index >= 15 is 0 Å². The largest absolute Gasteiger partial charge is 0.368 e. The van der Waals surface area contributed by atoms with Crippen LogP contribution in [0, 0.1) is 18.5 Å². The smallest absolute Gasteiger partial charge is 0.257 e. The van der Waals surface area contributed by atoms with E-state index in [0.29, 0.717) is 10.2 Å². The molecule has 1 amide bonds. The minimum absolute atomic E-state index is 0.0384. The maximum atomic E-state index is 12.8. The lowest BCUT2D eigenvalue weighted by atomic mass is 10.1. The van der Waals surface area contributed by atoms with E-state index in [1.54, 1.807) is 0 Å². The van der Waals surface area contributed by atoms with Crippen LogP contribution in [0.1, 0.15) is 21.6 Å². The van der Waals surface area contributed by atoms with Gasteiger partial charge in [-0.25, -0.2) is 0 Å². The molecule has 2 heterocycles. The molecular weight excluding hydrogens is 306 g/mol. The fourth-order valence-corrected chi connectivity index (χ4v) is 3.49. The molecule has 0 saturated carbocycles. The van der Waals surface area contributed by atoms with Crippen LogP contribution in [0.3, 0.4) is 0 Å². The summed E-state index contributed by atoms with van der Waals surface area (Å²) in [5, 5.41) is 0. The minimum atomic E-state index is 0.0384. The van der Waals surface area contributed by atoms with Crippen LogP contribution >= 0.6 is 12.2 Å². The minimum Gasteiger partial charge on any atom is -0.368 e. The molecule has 1 aromatic heterocycles. The van der Waals surface area contributed by atoms with E-state index in [-0.39, 0.29) is 5.91 Å². The van der Waals surface area contributed by atoms with Gasteiger partial charge in [-0.2, -0.15) is 0 Å². The Bertz CT molecular complexity index is 762. The Kier molecular flexibility index (Phi) is 4.48. The number of pyridine rings is 1. The summed E-state index contributed by atoms with van der Waals surface area (Å²) in [6.45, 7) is 7.03. The number of nitrogens with zero attached hydrogens (tertiary/aromatic N) is 2. The highest BCUT2D eigenvalue weighted by Crippen LogP contribution is 2.18. The molecule has 0 radical (unpaired) electrons. The van der Waals surface area contributed by atoms with Gasteiger partial charge in [0.05, 0.1) is 5.56 Å². The molecule has 0 atom stereocenters. The summed E-state index contributed by atoms with van der Waals surface area (Å²) in [4.78, 5) is 20.1. The van der Waals surface area contributed by atoms with Gasteiger partial charge in [0, 0.05) is 37.6 Å². The number of amides is 1. The lowest BCUT2D eigenvalue weighted by Crippen LogP contribution is -2.49. The number of para-hydroxylation sites is 1. The molecular formula is C18H21N3OS. The van der Waals surface area contributed by atoms with Crippen molar-refractivity contribution in [3.8, 4) is 0 Å². The molecule has 0 aliphatic carbocycles. The van der Waals surface area contributed by atoms with Gasteiger partial charge in [0.2, 0.25) is 0 Å². The monoisotopic (exact) mass is 327 g/mol. The number of anilines is 1. The second kappa shape index (κ2) is 6.54. The molecule has 1 saturated heterocycles. The van der Waals surface area contributed by atoms with Crippen LogP contribution < -0.4 is 4.90 Å². The highest BCUT2D eigenvalue weighted by Gasteiger charge is 2.24. The number of carbonyl (C=O) groups is 1. The second-order valence-corrected chi connectivity index (χ2v) is 6.36. The molecule has 5 heteroatoms. The van der Waals surface area contributed by atoms with Crippen molar-refractivity contribution in [2.45, 2.75) is 13.8 Å². The Morgan fingerprint density at radius 3 is 2.35 bits per heavy atom. The van der Waals surface area contributed by atoms with Crippen LogP contribution in [0.15, 0.2) is 36.4 Å². The van der Waals surface area contributed by atoms with Crippen molar-refractivity contribution in [2.75, 3.05) is 31.1 Å². The Balaban J connectivity index is 1.73. The summed E-state index contributed by atoms with van der Waals surface area (Å²) < 4.78 is 0.540. The molecule has 1 aliphatic heterocycles. The second-order valence-electron chi connectivity index (χ2n) is 5.95. The summed E-state index contributed by atoms with van der Waals surface area (Å²) in [5.41, 5.74) is 3.78. The van der Waals surface area contributed by atoms with Gasteiger partial charge in [0.15, 0.2) is 0 Å². The molecule has 3 rings (SSSR count). The first-order valence-electron chi connectivity index (χ1n) is 7.86. The maximum Gasteiger partial charge on any atom is 0.257 e. The van der Waals surface area contributed by atoms with Gasteiger partial charge < -0.3 is 14.8 Å². The van der Waals surface area contributed by atoms with Gasteiger partial charge in [-0.05, 0) is 37.6 Å². The number of H-pyrrole nitrogens is 1. The van der Waals surface area contributed by atoms with Crippen molar-refractivity contribution in [1.82, 2.24) is 9.88 Å². The van der Waals surface area contributed by atoms with Gasteiger partial charge in [-0.3, -0.25) is 4.79 Å². The van der Waals surface area contributed by atoms with Gasteiger partial charge in [-0.1, -0.05) is 30.4 Å². The highest BCUT2D eigenvalue weighted by atomic mass is 32.1. The first kappa shape index (κ1) is 15.7. The summed E-state index contributed by atoms with van der Waals surface area (Å²) in [7, 11) is 0. The predicted octanol–water partition coefficient (Wildman–Crippen LogP) is 3.32. The molecule has 4 nitrogen and oxygen atoms in total. The Hall–Kier alpha value is -2.14. The first-order chi connectivity index (χ1) is 11.1. The zero-order valence-corrected chi connectivity index (χ0v) is 14.3. The van der Waals surface area contributed by atoms with E-state index in [2.05, 4.69) is 22.0 Å². The van der Waals surface area contributed by atoms with Crippen LogP contribution in [-0.4, -0.2) is 42.0 Å². The number of aromatic nitrogens is 1. The lowest BCUT2D eigenvalue weighted by Gasteiger charge is -2.36. The summed E-state index contributed by atoms with van der Waals surface area (Å²) >= 11 is 5.36. The van der Waals surface area contributed by atoms with Crippen LogP contribution in [0.4, 0.5) is 5.69 Å². The third kappa shape index (κ3) is 3.29. The van der Waals surface area contributed by atoms with Gasteiger partial charge in [0.1, 0.15) is 4.64 Å². The SMILES string of the molecule is Cc1cc(C)c(C(=O)N2CCN(c3ccccc3)CC2)c(=S)[nH]1. The van der Waals surface area contributed by atoms with Gasteiger partial charge in [0.25, 0.3) is 5.91 Å². The quantitative estimate of drug-likeness (QED) is 0.860. The van der Waals surface area contributed by atoms with Crippen LogP contribution in [0.2, 0.25) is 0 Å². The summed E-state index contributed by atoms with van der Waals surface area (Å²) in [5.74, 6) is 0.0384. The van der Waals surface area contributed by atoms with Crippen molar-refractivity contribution in [2.24, 2.45) is 0 Å². The predicted molar refractivity (Wildman–Crippen MR) is 95.7 cm³/mol. The number of piperazine rings is 1. The number of hydrogen-bond donors (Lipinski definition) is 1. The number of hydrogen-bond acceptors (Lipinski definition) is 3. The van der Waals surface area contributed by atoms with Crippen molar-refractivity contribution in [1.29, 1.82) is 0 Å². The normalized spacial score (nSPS) is 14.9. The lowest BCUT2D eigenvalue weighted by molar-refractivity contribution is 0.0745. The Morgan fingerprint density at radius 2 is 1.74 bits per heavy atom. The maximum absolute atomic E-state index is 12.8. The Labute approximate surface area is 141 Å². The van der Waals surface area contributed by atoms with E-state index in [9.17, 15) is 4.79 Å². The third-order valence-electron chi connectivity index (χ3n) is 4.27. The van der Waals surface area contributed by atoms with E-state index in [0.717, 1.165) is 37.4 Å². The van der Waals surface area contributed by atoms with E-state index in [4.69, 9.17) is 12.2 Å². The molecule has 1 N–H and O–H groups in total. The molecule has 23 heavy (non-hydrogen) atoms. The molecule has 2 aromatic rings.